The predicted octanol–water partition coefficient (Wildman–Crippen LogP) is -2.64. The van der Waals surface area contributed by atoms with Crippen molar-refractivity contribution in [2.45, 2.75) is 17.4 Å². The van der Waals surface area contributed by atoms with Crippen molar-refractivity contribution in [2.75, 3.05) is 7.11 Å². The number of aromatic amines is 2. The minimum Gasteiger partial charge on any atom is -0.480 e. The second-order valence-corrected chi connectivity index (χ2v) is 5.41. The van der Waals surface area contributed by atoms with Gasteiger partial charge in [-0.1, -0.05) is 0 Å². The van der Waals surface area contributed by atoms with E-state index in [1.807, 2.05) is 4.98 Å². The summed E-state index contributed by atoms with van der Waals surface area (Å²) in [4.78, 5) is 46.8. The third kappa shape index (κ3) is 4.25. The van der Waals surface area contributed by atoms with Gasteiger partial charge in [0.25, 0.3) is 5.56 Å². The zero-order valence-electron chi connectivity index (χ0n) is 10.6. The highest BCUT2D eigenvalue weighted by atomic mass is 32.2. The lowest BCUT2D eigenvalue weighted by Crippen LogP contribution is -2.44. The summed E-state index contributed by atoms with van der Waals surface area (Å²) in [6.07, 6.45) is -0.160. The molecule has 0 aliphatic heterocycles. The van der Waals surface area contributed by atoms with Gasteiger partial charge in [-0.15, -0.1) is 0 Å². The second-order valence-electron chi connectivity index (χ2n) is 3.73. The summed E-state index contributed by atoms with van der Waals surface area (Å²) >= 11 is 0. The van der Waals surface area contributed by atoms with Gasteiger partial charge in [0.15, 0.2) is 4.90 Å². The number of hydrogen-bond acceptors (Lipinski definition) is 7. The van der Waals surface area contributed by atoms with Crippen LogP contribution in [0.5, 0.6) is 0 Å². The Kier molecular flexibility index (Phi) is 4.99. The fourth-order valence-corrected chi connectivity index (χ4v) is 2.47. The molecule has 0 amide bonds. The molecule has 1 aromatic rings. The first kappa shape index (κ1) is 16.6. The Morgan fingerprint density at radius 2 is 2.05 bits per heavy atom. The summed E-state index contributed by atoms with van der Waals surface area (Å²) in [7, 11) is -3.56. The number of carbonyl (C=O) groups excluding carboxylic acids is 1. The molecule has 21 heavy (non-hydrogen) atoms. The van der Waals surface area contributed by atoms with Gasteiger partial charge in [0.1, 0.15) is 6.04 Å². The van der Waals surface area contributed by atoms with E-state index in [0.717, 1.165) is 7.11 Å². The van der Waals surface area contributed by atoms with Crippen LogP contribution in [0.15, 0.2) is 20.7 Å². The van der Waals surface area contributed by atoms with Crippen LogP contribution >= 0.6 is 0 Å². The molecule has 1 heterocycles. The number of carboxylic acid groups (broad SMARTS) is 1. The third-order valence-corrected chi connectivity index (χ3v) is 3.75. The SMILES string of the molecule is COC(=O)C[C@H](NS(=O)(=O)c1c[nH]c(=O)[nH]c1=O)C(=O)O. The van der Waals surface area contributed by atoms with Gasteiger partial charge in [-0.05, 0) is 0 Å². The van der Waals surface area contributed by atoms with E-state index in [0.29, 0.717) is 6.20 Å². The summed E-state index contributed by atoms with van der Waals surface area (Å²) in [6, 6.07) is -1.83. The smallest absolute Gasteiger partial charge is 0.325 e. The van der Waals surface area contributed by atoms with E-state index < -0.39 is 50.6 Å². The molecule has 1 aromatic heterocycles. The molecule has 0 aliphatic rings. The van der Waals surface area contributed by atoms with E-state index in [1.165, 1.54) is 0 Å². The molecule has 0 bridgehead atoms. The van der Waals surface area contributed by atoms with Gasteiger partial charge in [0, 0.05) is 6.20 Å². The molecule has 0 spiro atoms. The van der Waals surface area contributed by atoms with Crippen molar-refractivity contribution < 1.29 is 27.9 Å². The molecule has 11 nitrogen and oxygen atoms in total. The van der Waals surface area contributed by atoms with E-state index in [9.17, 15) is 27.6 Å². The van der Waals surface area contributed by atoms with Gasteiger partial charge < -0.3 is 14.8 Å². The Hall–Kier alpha value is -2.47. The Morgan fingerprint density at radius 1 is 1.43 bits per heavy atom. The molecule has 116 valence electrons. The summed E-state index contributed by atoms with van der Waals surface area (Å²) in [5.74, 6) is -2.59. The quantitative estimate of drug-likeness (QED) is 0.411. The number of aromatic nitrogens is 2. The zero-order chi connectivity index (χ0) is 16.2. The first-order chi connectivity index (χ1) is 9.67. The Balaban J connectivity index is 3.12. The monoisotopic (exact) mass is 321 g/mol. The van der Waals surface area contributed by atoms with Crippen LogP contribution in [0.25, 0.3) is 0 Å². The van der Waals surface area contributed by atoms with Crippen molar-refractivity contribution in [2.24, 2.45) is 0 Å². The molecule has 1 atom stereocenters. The second kappa shape index (κ2) is 6.32. The standard InChI is InChI=1S/C9H11N3O8S/c1-20-6(13)2-4(8(15)16)12-21(18,19)5-3-10-9(17)11-7(5)14/h3-4,12H,2H2,1H3,(H,15,16)(H2,10,11,14,17)/t4-/m0/s1. The Morgan fingerprint density at radius 3 is 2.52 bits per heavy atom. The topological polar surface area (TPSA) is 175 Å². The Bertz CT molecular complexity index is 762. The highest BCUT2D eigenvalue weighted by Gasteiger charge is 2.29. The summed E-state index contributed by atoms with van der Waals surface area (Å²) in [5, 5.41) is 8.86. The molecule has 1 rings (SSSR count). The molecule has 0 saturated heterocycles. The summed E-state index contributed by atoms with van der Waals surface area (Å²) in [5.41, 5.74) is -2.16. The van der Waals surface area contributed by atoms with Crippen LogP contribution in [0.3, 0.4) is 0 Å². The maximum absolute atomic E-state index is 11.9. The largest absolute Gasteiger partial charge is 0.480 e. The van der Waals surface area contributed by atoms with Crippen LogP contribution in [-0.2, 0) is 24.3 Å². The van der Waals surface area contributed by atoms with E-state index >= 15 is 0 Å². The number of H-pyrrole nitrogens is 2. The number of carboxylic acids is 1. The maximum atomic E-state index is 11.9. The molecule has 0 saturated carbocycles. The number of nitrogens with one attached hydrogen (secondary N) is 3. The van der Waals surface area contributed by atoms with Crippen LogP contribution in [0.1, 0.15) is 6.42 Å². The number of hydrogen-bond donors (Lipinski definition) is 4. The molecule has 0 unspecified atom stereocenters. The van der Waals surface area contributed by atoms with Crippen molar-refractivity contribution in [3.63, 3.8) is 0 Å². The van der Waals surface area contributed by atoms with Crippen LogP contribution in [0, 0.1) is 0 Å². The van der Waals surface area contributed by atoms with Crippen molar-refractivity contribution in [3.05, 3.63) is 27.0 Å². The molecule has 0 radical (unpaired) electrons. The van der Waals surface area contributed by atoms with E-state index in [1.54, 1.807) is 9.71 Å². The number of methoxy groups -OCH3 is 1. The minimum absolute atomic E-state index is 0.612. The lowest BCUT2D eigenvalue weighted by molar-refractivity contribution is -0.147. The Labute approximate surface area is 117 Å². The fourth-order valence-electron chi connectivity index (χ4n) is 1.28. The van der Waals surface area contributed by atoms with Gasteiger partial charge in [0.2, 0.25) is 10.0 Å². The van der Waals surface area contributed by atoms with E-state index in [-0.39, 0.29) is 0 Å². The number of carbonyl (C=O) groups is 2. The van der Waals surface area contributed by atoms with Crippen LogP contribution < -0.4 is 16.0 Å². The van der Waals surface area contributed by atoms with Crippen LogP contribution in [-0.4, -0.2) is 48.6 Å². The number of rotatable bonds is 6. The third-order valence-electron chi connectivity index (χ3n) is 2.27. The average molecular weight is 321 g/mol. The van der Waals surface area contributed by atoms with Gasteiger partial charge in [0.05, 0.1) is 13.5 Å². The first-order valence-corrected chi connectivity index (χ1v) is 6.79. The molecular formula is C9H11N3O8S. The predicted molar refractivity (Wildman–Crippen MR) is 66.1 cm³/mol. The van der Waals surface area contributed by atoms with Crippen LogP contribution in [0.4, 0.5) is 0 Å². The van der Waals surface area contributed by atoms with E-state index in [2.05, 4.69) is 4.74 Å². The highest BCUT2D eigenvalue weighted by molar-refractivity contribution is 7.89. The molecule has 0 aliphatic carbocycles. The first-order valence-electron chi connectivity index (χ1n) is 5.31. The van der Waals surface area contributed by atoms with Gasteiger partial charge in [-0.3, -0.25) is 19.4 Å². The summed E-state index contributed by atoms with van der Waals surface area (Å²) in [6.45, 7) is 0. The van der Waals surface area contributed by atoms with Crippen LogP contribution in [0.2, 0.25) is 0 Å². The van der Waals surface area contributed by atoms with E-state index in [4.69, 9.17) is 5.11 Å². The van der Waals surface area contributed by atoms with Crippen molar-refractivity contribution >= 4 is 22.0 Å². The lowest BCUT2D eigenvalue weighted by Gasteiger charge is -2.13. The van der Waals surface area contributed by atoms with Gasteiger partial charge in [-0.2, -0.15) is 4.72 Å². The number of ether oxygens (including phenoxy) is 1. The minimum atomic E-state index is -4.56. The molecule has 0 fully saturated rings. The molecule has 12 heteroatoms. The maximum Gasteiger partial charge on any atom is 0.325 e. The lowest BCUT2D eigenvalue weighted by atomic mass is 10.2. The molecule has 0 aromatic carbocycles. The molecular weight excluding hydrogens is 310 g/mol. The van der Waals surface area contributed by atoms with Crippen molar-refractivity contribution in [1.29, 1.82) is 0 Å². The van der Waals surface area contributed by atoms with Crippen molar-refractivity contribution in [3.8, 4) is 0 Å². The average Bonchev–Trinajstić information content (AvgIpc) is 2.36. The number of esters is 1. The molecule has 4 N–H and O–H groups in total. The number of aliphatic carboxylic acids is 1. The highest BCUT2D eigenvalue weighted by Crippen LogP contribution is 2.03. The van der Waals surface area contributed by atoms with Crippen molar-refractivity contribution in [1.82, 2.24) is 14.7 Å². The van der Waals surface area contributed by atoms with Gasteiger partial charge >= 0.3 is 17.6 Å². The zero-order valence-corrected chi connectivity index (χ0v) is 11.4. The summed E-state index contributed by atoms with van der Waals surface area (Å²) < 4.78 is 29.7. The van der Waals surface area contributed by atoms with Gasteiger partial charge in [-0.25, -0.2) is 13.2 Å². The number of sulfonamides is 1. The fraction of sp³-hybridized carbons (Fsp3) is 0.333. The normalized spacial score (nSPS) is 12.6.